The Kier molecular flexibility index (Phi) is 3.39. The summed E-state index contributed by atoms with van der Waals surface area (Å²) in [4.78, 5) is 19.7. The Balaban J connectivity index is 2.96. The van der Waals surface area contributed by atoms with E-state index in [0.29, 0.717) is 0 Å². The molecule has 0 fully saturated rings. The van der Waals surface area contributed by atoms with Gasteiger partial charge in [-0.15, -0.1) is 0 Å². The Hall–Kier alpha value is -2.18. The molecule has 0 heterocycles. The molecule has 86 valence electrons. The quantitative estimate of drug-likeness (QED) is 0.488. The van der Waals surface area contributed by atoms with Gasteiger partial charge in [-0.1, -0.05) is 0 Å². The predicted octanol–water partition coefficient (Wildman–Crippen LogP) is 2.49. The lowest BCUT2D eigenvalue weighted by Crippen LogP contribution is -2.06. The van der Waals surface area contributed by atoms with E-state index in [4.69, 9.17) is 5.11 Å². The first kappa shape index (κ1) is 11.9. The van der Waals surface area contributed by atoms with Crippen molar-refractivity contribution in [3.8, 4) is 0 Å². The maximum Gasteiger partial charge on any atom is 0.506 e. The molecule has 16 heavy (non-hydrogen) atoms. The van der Waals surface area contributed by atoms with Gasteiger partial charge in [0, 0.05) is 6.07 Å². The molecule has 1 N–H and O–H groups in total. The van der Waals surface area contributed by atoms with Gasteiger partial charge >= 0.3 is 11.8 Å². The second kappa shape index (κ2) is 4.56. The molecule has 0 aliphatic heterocycles. The fourth-order valence-corrected chi connectivity index (χ4v) is 1.14. The summed E-state index contributed by atoms with van der Waals surface area (Å²) in [5.74, 6) is -1.02. The van der Waals surface area contributed by atoms with E-state index < -0.39 is 28.7 Å². The van der Waals surface area contributed by atoms with Crippen LogP contribution in [0.2, 0.25) is 0 Å². The number of carboxylic acid groups (broad SMARTS) is 1. The minimum Gasteiger partial charge on any atom is -0.450 e. The molecular weight excluding hydrogens is 221 g/mol. The molecule has 1 rings (SSSR count). The maximum absolute atomic E-state index is 13.2. The van der Waals surface area contributed by atoms with Crippen molar-refractivity contribution in [2.45, 2.75) is 13.0 Å². The van der Waals surface area contributed by atoms with Gasteiger partial charge in [0.15, 0.2) is 0 Å². The smallest absolute Gasteiger partial charge is 0.450 e. The van der Waals surface area contributed by atoms with Crippen molar-refractivity contribution in [3.05, 3.63) is 39.7 Å². The molecule has 1 aromatic rings. The molecule has 1 atom stereocenters. The topological polar surface area (TPSA) is 89.7 Å². The van der Waals surface area contributed by atoms with Crippen LogP contribution < -0.4 is 0 Å². The van der Waals surface area contributed by atoms with Crippen molar-refractivity contribution >= 4 is 11.8 Å². The number of carbonyl (C=O) groups is 1. The molecule has 0 aromatic heterocycles. The molecule has 7 heteroatoms. The minimum absolute atomic E-state index is 0.213. The van der Waals surface area contributed by atoms with E-state index >= 15 is 0 Å². The van der Waals surface area contributed by atoms with Gasteiger partial charge < -0.3 is 9.84 Å². The minimum atomic E-state index is -1.49. The average Bonchev–Trinajstić information content (AvgIpc) is 2.15. The lowest BCUT2D eigenvalue weighted by Gasteiger charge is -2.10. The van der Waals surface area contributed by atoms with Crippen LogP contribution in [0.5, 0.6) is 0 Å². The first-order valence-corrected chi connectivity index (χ1v) is 4.25. The van der Waals surface area contributed by atoms with Crippen LogP contribution in [0.25, 0.3) is 0 Å². The Morgan fingerprint density at radius 1 is 1.62 bits per heavy atom. The fourth-order valence-electron chi connectivity index (χ4n) is 1.14. The molecule has 0 saturated carbocycles. The highest BCUT2D eigenvalue weighted by molar-refractivity contribution is 5.57. The molecule has 0 aliphatic rings. The summed E-state index contributed by atoms with van der Waals surface area (Å²) in [5, 5.41) is 18.7. The van der Waals surface area contributed by atoms with E-state index in [1.165, 1.54) is 13.0 Å². The lowest BCUT2D eigenvalue weighted by molar-refractivity contribution is -0.387. The summed E-state index contributed by atoms with van der Waals surface area (Å²) in [6, 6.07) is 3.09. The number of rotatable bonds is 3. The van der Waals surface area contributed by atoms with Crippen LogP contribution in [-0.4, -0.2) is 16.2 Å². The predicted molar refractivity (Wildman–Crippen MR) is 50.6 cm³/mol. The van der Waals surface area contributed by atoms with Gasteiger partial charge in [-0.05, 0) is 24.6 Å². The van der Waals surface area contributed by atoms with E-state index in [1.54, 1.807) is 0 Å². The van der Waals surface area contributed by atoms with Gasteiger partial charge in [0.05, 0.1) is 4.92 Å². The maximum atomic E-state index is 13.2. The molecule has 0 spiro atoms. The number of halogens is 1. The van der Waals surface area contributed by atoms with Crippen LogP contribution >= 0.6 is 0 Å². The number of hydrogen-bond acceptors (Lipinski definition) is 4. The van der Waals surface area contributed by atoms with E-state index in [2.05, 4.69) is 4.74 Å². The van der Waals surface area contributed by atoms with Gasteiger partial charge in [0.2, 0.25) is 5.82 Å². The van der Waals surface area contributed by atoms with E-state index in [9.17, 15) is 19.3 Å². The summed E-state index contributed by atoms with van der Waals surface area (Å²) in [7, 11) is 0. The summed E-state index contributed by atoms with van der Waals surface area (Å²) in [6.45, 7) is 1.40. The largest absolute Gasteiger partial charge is 0.506 e. The average molecular weight is 229 g/mol. The zero-order valence-corrected chi connectivity index (χ0v) is 8.21. The Bertz CT molecular complexity index is 434. The van der Waals surface area contributed by atoms with Crippen LogP contribution in [0.15, 0.2) is 18.2 Å². The summed E-state index contributed by atoms with van der Waals surface area (Å²) < 4.78 is 17.5. The van der Waals surface area contributed by atoms with Crippen molar-refractivity contribution in [3.63, 3.8) is 0 Å². The van der Waals surface area contributed by atoms with E-state index in [1.807, 2.05) is 0 Å². The fraction of sp³-hybridized carbons (Fsp3) is 0.222. The highest BCUT2D eigenvalue weighted by Gasteiger charge is 2.17. The Morgan fingerprint density at radius 3 is 2.69 bits per heavy atom. The van der Waals surface area contributed by atoms with Crippen LogP contribution in [0.3, 0.4) is 0 Å². The molecule has 0 radical (unpaired) electrons. The molecule has 0 aliphatic carbocycles. The SMILES string of the molecule is CC(OC(=O)O)c1ccc([N+](=O)[O-])c(F)c1. The summed E-state index contributed by atoms with van der Waals surface area (Å²) in [6.07, 6.45) is -2.38. The first-order valence-electron chi connectivity index (χ1n) is 4.25. The zero-order chi connectivity index (χ0) is 12.3. The van der Waals surface area contributed by atoms with Crippen molar-refractivity contribution in [1.82, 2.24) is 0 Å². The third-order valence-corrected chi connectivity index (χ3v) is 1.92. The number of nitro benzene ring substituents is 1. The lowest BCUT2D eigenvalue weighted by atomic mass is 10.1. The molecule has 6 nitrogen and oxygen atoms in total. The molecule has 1 aromatic carbocycles. The number of benzene rings is 1. The Morgan fingerprint density at radius 2 is 2.25 bits per heavy atom. The number of hydrogen-bond donors (Lipinski definition) is 1. The second-order valence-electron chi connectivity index (χ2n) is 2.99. The molecule has 0 amide bonds. The molecule has 1 unspecified atom stereocenters. The van der Waals surface area contributed by atoms with Crippen LogP contribution in [0, 0.1) is 15.9 Å². The highest BCUT2D eigenvalue weighted by atomic mass is 19.1. The highest BCUT2D eigenvalue weighted by Crippen LogP contribution is 2.23. The standard InChI is InChI=1S/C9H8FNO5/c1-5(16-9(12)13)6-2-3-8(11(14)15)7(10)4-6/h2-5H,1H3,(H,12,13). The van der Waals surface area contributed by atoms with Crippen molar-refractivity contribution < 1.29 is 24.0 Å². The third-order valence-electron chi connectivity index (χ3n) is 1.92. The molecule has 0 saturated heterocycles. The van der Waals surface area contributed by atoms with Crippen molar-refractivity contribution in [2.24, 2.45) is 0 Å². The van der Waals surface area contributed by atoms with Crippen molar-refractivity contribution in [2.75, 3.05) is 0 Å². The molecular formula is C9H8FNO5. The molecule has 0 bridgehead atoms. The van der Waals surface area contributed by atoms with E-state index in [0.717, 1.165) is 12.1 Å². The third kappa shape index (κ3) is 2.66. The monoisotopic (exact) mass is 229 g/mol. The number of nitrogens with zero attached hydrogens (tertiary/aromatic N) is 1. The van der Waals surface area contributed by atoms with Crippen molar-refractivity contribution in [1.29, 1.82) is 0 Å². The van der Waals surface area contributed by atoms with Gasteiger partial charge in [-0.25, -0.2) is 4.79 Å². The van der Waals surface area contributed by atoms with E-state index in [-0.39, 0.29) is 5.56 Å². The normalized spacial score (nSPS) is 11.9. The first-order chi connectivity index (χ1) is 7.41. The van der Waals surface area contributed by atoms with Gasteiger partial charge in [-0.3, -0.25) is 10.1 Å². The number of ether oxygens (including phenoxy) is 1. The summed E-state index contributed by atoms with van der Waals surface area (Å²) >= 11 is 0. The van der Waals surface area contributed by atoms with Gasteiger partial charge in [0.25, 0.3) is 0 Å². The Labute approximate surface area is 89.4 Å². The number of nitro groups is 1. The van der Waals surface area contributed by atoms with Crippen LogP contribution in [-0.2, 0) is 4.74 Å². The van der Waals surface area contributed by atoms with Gasteiger partial charge in [-0.2, -0.15) is 4.39 Å². The second-order valence-corrected chi connectivity index (χ2v) is 2.99. The van der Waals surface area contributed by atoms with Crippen LogP contribution in [0.1, 0.15) is 18.6 Å². The summed E-state index contributed by atoms with van der Waals surface area (Å²) in [5.41, 5.74) is -0.447. The van der Waals surface area contributed by atoms with Crippen LogP contribution in [0.4, 0.5) is 14.9 Å². The zero-order valence-electron chi connectivity index (χ0n) is 8.21. The van der Waals surface area contributed by atoms with Gasteiger partial charge in [0.1, 0.15) is 6.10 Å².